The Balaban J connectivity index is 1.17. The minimum absolute atomic E-state index is 0.0494. The summed E-state index contributed by atoms with van der Waals surface area (Å²) in [6.07, 6.45) is 5.55. The highest BCUT2D eigenvalue weighted by molar-refractivity contribution is 5.78. The molecular formula is C24H27N7O3. The molecule has 0 unspecified atom stereocenters. The van der Waals surface area contributed by atoms with E-state index in [0.29, 0.717) is 41.4 Å². The van der Waals surface area contributed by atoms with E-state index in [1.165, 1.54) is 6.20 Å². The zero-order chi connectivity index (χ0) is 23.5. The second kappa shape index (κ2) is 9.65. The van der Waals surface area contributed by atoms with Crippen molar-refractivity contribution in [1.82, 2.24) is 30.0 Å². The summed E-state index contributed by atoms with van der Waals surface area (Å²) in [5.41, 5.74) is 1.18. The molecule has 1 saturated heterocycles. The summed E-state index contributed by atoms with van der Waals surface area (Å²) in [7, 11) is 0. The average molecular weight is 462 g/mol. The molecule has 3 heterocycles. The van der Waals surface area contributed by atoms with E-state index in [-0.39, 0.29) is 24.1 Å². The maximum Gasteiger partial charge on any atom is 0.276 e. The fourth-order valence-corrected chi connectivity index (χ4v) is 4.30. The number of benzene rings is 1. The molecule has 1 aliphatic heterocycles. The Labute approximate surface area is 196 Å². The number of ether oxygens (including phenoxy) is 1. The highest BCUT2D eigenvalue weighted by Crippen LogP contribution is 2.30. The van der Waals surface area contributed by atoms with Crippen LogP contribution in [0.3, 0.4) is 0 Å². The van der Waals surface area contributed by atoms with Crippen LogP contribution in [-0.2, 0) is 11.3 Å². The maximum absolute atomic E-state index is 13.2. The van der Waals surface area contributed by atoms with Gasteiger partial charge in [0.25, 0.3) is 5.56 Å². The molecule has 0 bridgehead atoms. The third-order valence-electron chi connectivity index (χ3n) is 6.41. The lowest BCUT2D eigenvalue weighted by molar-refractivity contribution is -0.134. The molecule has 0 radical (unpaired) electrons. The number of amides is 1. The summed E-state index contributed by atoms with van der Waals surface area (Å²) in [4.78, 5) is 36.7. The first kappa shape index (κ1) is 22.1. The zero-order valence-electron chi connectivity index (χ0n) is 18.9. The lowest BCUT2D eigenvalue weighted by Gasteiger charge is -2.33. The topological polar surface area (TPSA) is 131 Å². The molecule has 10 heteroatoms. The van der Waals surface area contributed by atoms with Crippen LogP contribution in [-0.4, -0.2) is 68.2 Å². The Hall–Kier alpha value is -3.71. The smallest absolute Gasteiger partial charge is 0.276 e. The number of carbonyl (C=O) groups excluding carboxylic acids is 1. The number of nitrogens with zero attached hydrogens (tertiary/aromatic N) is 5. The molecule has 0 atom stereocenters. The van der Waals surface area contributed by atoms with Gasteiger partial charge in [-0.3, -0.25) is 19.6 Å². The van der Waals surface area contributed by atoms with Crippen LogP contribution in [0.15, 0.2) is 35.3 Å². The number of likely N-dealkylation sites (tertiary alicyclic amines) is 1. The molecule has 176 valence electrons. The van der Waals surface area contributed by atoms with E-state index in [1.54, 1.807) is 12.1 Å². The van der Waals surface area contributed by atoms with Gasteiger partial charge in [0.15, 0.2) is 0 Å². The molecule has 0 spiro atoms. The van der Waals surface area contributed by atoms with Crippen LogP contribution in [0.1, 0.15) is 37.1 Å². The van der Waals surface area contributed by atoms with Crippen LogP contribution in [0.25, 0.3) is 11.0 Å². The molecule has 2 aliphatic rings. The number of rotatable bonds is 8. The first-order chi connectivity index (χ1) is 16.6. The molecule has 34 heavy (non-hydrogen) atoms. The van der Waals surface area contributed by atoms with Gasteiger partial charge >= 0.3 is 0 Å². The number of hydrogen-bond acceptors (Lipinski definition) is 7. The number of aromatic amines is 2. The first-order valence-electron chi connectivity index (χ1n) is 11.7. The summed E-state index contributed by atoms with van der Waals surface area (Å²) in [6.45, 7) is 2.86. The third-order valence-corrected chi connectivity index (χ3v) is 6.41. The number of fused-ring (bicyclic) bond motifs is 1. The quantitative estimate of drug-likeness (QED) is 0.523. The van der Waals surface area contributed by atoms with Gasteiger partial charge in [-0.15, -0.1) is 0 Å². The van der Waals surface area contributed by atoms with Crippen molar-refractivity contribution in [2.24, 2.45) is 5.92 Å². The largest absolute Gasteiger partial charge is 0.490 e. The summed E-state index contributed by atoms with van der Waals surface area (Å²) >= 11 is 0. The van der Waals surface area contributed by atoms with Crippen LogP contribution in [0, 0.1) is 17.2 Å². The second-order valence-electron chi connectivity index (χ2n) is 9.09. The monoisotopic (exact) mass is 461 g/mol. The van der Waals surface area contributed by atoms with E-state index in [0.717, 1.165) is 44.5 Å². The van der Waals surface area contributed by atoms with Gasteiger partial charge in [0.2, 0.25) is 5.91 Å². The van der Waals surface area contributed by atoms with Crippen molar-refractivity contribution < 1.29 is 9.53 Å². The van der Waals surface area contributed by atoms with Gasteiger partial charge < -0.3 is 14.6 Å². The molecule has 1 saturated carbocycles. The molecule has 1 aliphatic carbocycles. The Morgan fingerprint density at radius 3 is 2.68 bits per heavy atom. The highest BCUT2D eigenvalue weighted by Gasteiger charge is 2.29. The Kier molecular flexibility index (Phi) is 6.27. The fourth-order valence-electron chi connectivity index (χ4n) is 4.30. The van der Waals surface area contributed by atoms with Crippen LogP contribution in [0.5, 0.6) is 5.75 Å². The number of H-pyrrole nitrogens is 2. The van der Waals surface area contributed by atoms with E-state index in [1.807, 2.05) is 17.0 Å². The summed E-state index contributed by atoms with van der Waals surface area (Å²) in [6, 6.07) is 9.26. The van der Waals surface area contributed by atoms with E-state index < -0.39 is 0 Å². The molecule has 1 amide bonds. The van der Waals surface area contributed by atoms with Crippen molar-refractivity contribution in [3.63, 3.8) is 0 Å². The Morgan fingerprint density at radius 1 is 1.21 bits per heavy atom. The summed E-state index contributed by atoms with van der Waals surface area (Å²) in [5, 5.41) is 15.4. The minimum atomic E-state index is -0.277. The van der Waals surface area contributed by atoms with Gasteiger partial charge in [0.1, 0.15) is 28.7 Å². The zero-order valence-corrected chi connectivity index (χ0v) is 18.9. The van der Waals surface area contributed by atoms with Crippen LogP contribution < -0.4 is 10.3 Å². The minimum Gasteiger partial charge on any atom is -0.490 e. The van der Waals surface area contributed by atoms with Crippen molar-refractivity contribution in [2.75, 3.05) is 26.2 Å². The normalized spacial score (nSPS) is 16.9. The predicted octanol–water partition coefficient (Wildman–Crippen LogP) is 1.80. The van der Waals surface area contributed by atoms with Crippen LogP contribution in [0.4, 0.5) is 0 Å². The Morgan fingerprint density at radius 2 is 1.97 bits per heavy atom. The summed E-state index contributed by atoms with van der Waals surface area (Å²) in [5.74, 6) is 1.82. The van der Waals surface area contributed by atoms with E-state index in [9.17, 15) is 9.59 Å². The van der Waals surface area contributed by atoms with Crippen LogP contribution >= 0.6 is 0 Å². The van der Waals surface area contributed by atoms with Gasteiger partial charge in [-0.1, -0.05) is 0 Å². The molecule has 2 N–H and O–H groups in total. The highest BCUT2D eigenvalue weighted by atomic mass is 16.5. The number of hydrogen-bond donors (Lipinski definition) is 2. The molecule has 5 rings (SSSR count). The Bertz CT molecular complexity index is 1250. The van der Waals surface area contributed by atoms with Crippen molar-refractivity contribution in [3.8, 4) is 11.8 Å². The average Bonchev–Trinajstić information content (AvgIpc) is 3.53. The van der Waals surface area contributed by atoms with Crippen molar-refractivity contribution >= 4 is 16.9 Å². The van der Waals surface area contributed by atoms with Gasteiger partial charge in [-0.05, 0) is 55.9 Å². The number of nitriles is 1. The molecule has 10 nitrogen and oxygen atoms in total. The van der Waals surface area contributed by atoms with Gasteiger partial charge in [-0.2, -0.15) is 10.4 Å². The maximum atomic E-state index is 13.2. The lowest BCUT2D eigenvalue weighted by atomic mass is 10.1. The van der Waals surface area contributed by atoms with Gasteiger partial charge in [0, 0.05) is 19.6 Å². The lowest BCUT2D eigenvalue weighted by Crippen LogP contribution is -2.45. The molecule has 2 fully saturated rings. The number of nitrogens with one attached hydrogen (secondary N) is 2. The van der Waals surface area contributed by atoms with Crippen molar-refractivity contribution in [2.45, 2.75) is 38.3 Å². The fraction of sp³-hybridized carbons (Fsp3) is 0.458. The molecular weight excluding hydrogens is 434 g/mol. The van der Waals surface area contributed by atoms with Crippen molar-refractivity contribution in [3.05, 3.63) is 52.2 Å². The standard InChI is InChI=1S/C24H27N7O3/c25-11-16-3-5-18(6-4-16)34-19-7-9-30(10-8-19)15-22(32)31(13-17-1-2-17)14-21-27-20-12-26-29-23(20)24(33)28-21/h3-6,12,17,19H,1-2,7-10,13-15H2,(H,26,29)(H,27,28,33). The van der Waals surface area contributed by atoms with E-state index in [2.05, 4.69) is 31.1 Å². The third kappa shape index (κ3) is 5.26. The first-order valence-corrected chi connectivity index (χ1v) is 11.7. The second-order valence-corrected chi connectivity index (χ2v) is 9.09. The number of piperidine rings is 1. The van der Waals surface area contributed by atoms with Crippen LogP contribution in [0.2, 0.25) is 0 Å². The van der Waals surface area contributed by atoms with E-state index >= 15 is 0 Å². The van der Waals surface area contributed by atoms with Crippen molar-refractivity contribution in [1.29, 1.82) is 5.26 Å². The summed E-state index contributed by atoms with van der Waals surface area (Å²) < 4.78 is 6.05. The van der Waals surface area contributed by atoms with Gasteiger partial charge in [0.05, 0.1) is 30.9 Å². The molecule has 1 aromatic carbocycles. The molecule has 2 aromatic heterocycles. The SMILES string of the molecule is N#Cc1ccc(OC2CCN(CC(=O)N(Cc3nc4cn[nH]c4c(=O)[nH]3)CC3CC3)CC2)cc1. The molecule has 3 aromatic rings. The number of aromatic nitrogens is 4. The van der Waals surface area contributed by atoms with Gasteiger partial charge in [-0.25, -0.2) is 4.98 Å². The van der Waals surface area contributed by atoms with E-state index in [4.69, 9.17) is 10.00 Å². The predicted molar refractivity (Wildman–Crippen MR) is 124 cm³/mol. The number of carbonyl (C=O) groups is 1.